The Morgan fingerprint density at radius 1 is 1.13 bits per heavy atom. The van der Waals surface area contributed by atoms with Crippen LogP contribution in [0.15, 0.2) is 59.0 Å². The highest BCUT2D eigenvalue weighted by atomic mass is 32.1. The number of nitrogens with zero attached hydrogens (tertiary/aromatic N) is 2. The number of halogens is 4. The highest BCUT2D eigenvalue weighted by Crippen LogP contribution is 2.27. The fourth-order valence-electron chi connectivity index (χ4n) is 2.55. The molecule has 0 radical (unpaired) electrons. The first-order valence-corrected chi connectivity index (χ1v) is 10.0. The van der Waals surface area contributed by atoms with Crippen molar-refractivity contribution in [1.82, 2.24) is 4.98 Å². The second-order valence-electron chi connectivity index (χ2n) is 6.27. The first kappa shape index (κ1) is 22.4. The van der Waals surface area contributed by atoms with Crippen LogP contribution in [0.3, 0.4) is 0 Å². The van der Waals surface area contributed by atoms with Crippen LogP contribution in [0.1, 0.15) is 23.7 Å². The Labute approximate surface area is 179 Å². The first-order valence-electron chi connectivity index (χ1n) is 9.13. The third-order valence-corrected chi connectivity index (χ3v) is 4.82. The number of hydrogen-bond acceptors (Lipinski definition) is 6. The lowest BCUT2D eigenvalue weighted by atomic mass is 10.1. The Balaban J connectivity index is 1.72. The van der Waals surface area contributed by atoms with Crippen LogP contribution in [-0.2, 0) is 0 Å². The maximum absolute atomic E-state index is 13.3. The van der Waals surface area contributed by atoms with E-state index < -0.39 is 29.9 Å². The number of rotatable bonds is 8. The van der Waals surface area contributed by atoms with Crippen LogP contribution >= 0.6 is 11.3 Å². The monoisotopic (exact) mass is 451 g/mol. The van der Waals surface area contributed by atoms with Crippen molar-refractivity contribution < 1.29 is 27.1 Å². The van der Waals surface area contributed by atoms with Gasteiger partial charge in [0.15, 0.2) is 5.78 Å². The molecular formula is C21H17F4N3O2S. The second-order valence-corrected chi connectivity index (χ2v) is 7.13. The minimum Gasteiger partial charge on any atom is -0.494 e. The van der Waals surface area contributed by atoms with Gasteiger partial charge in [-0.1, -0.05) is 0 Å². The molecule has 10 heteroatoms. The average Bonchev–Trinajstić information content (AvgIpc) is 3.20. The topological polar surface area (TPSA) is 63.6 Å². The van der Waals surface area contributed by atoms with Gasteiger partial charge < -0.3 is 4.74 Å². The summed E-state index contributed by atoms with van der Waals surface area (Å²) in [6.45, 7) is 2.41. The number of hydrazone groups is 1. The van der Waals surface area contributed by atoms with Crippen LogP contribution in [0.25, 0.3) is 11.3 Å². The van der Waals surface area contributed by atoms with Gasteiger partial charge in [0.05, 0.1) is 18.7 Å². The first-order chi connectivity index (χ1) is 14.8. The van der Waals surface area contributed by atoms with E-state index >= 15 is 0 Å². The molecule has 31 heavy (non-hydrogen) atoms. The Hall–Kier alpha value is -3.27. The molecule has 5 nitrogen and oxygen atoms in total. The zero-order valence-corrected chi connectivity index (χ0v) is 17.1. The number of alkyl halides is 3. The molecule has 3 rings (SSSR count). The molecule has 0 bridgehead atoms. The van der Waals surface area contributed by atoms with Gasteiger partial charge in [-0.25, -0.2) is 9.37 Å². The van der Waals surface area contributed by atoms with E-state index in [9.17, 15) is 22.4 Å². The summed E-state index contributed by atoms with van der Waals surface area (Å²) >= 11 is 1.07. The normalized spacial score (nSPS) is 12.0. The molecule has 0 fully saturated rings. The van der Waals surface area contributed by atoms with E-state index in [4.69, 9.17) is 4.74 Å². The summed E-state index contributed by atoms with van der Waals surface area (Å²) in [6, 6.07) is 11.4. The predicted octanol–water partition coefficient (Wildman–Crippen LogP) is 5.95. The van der Waals surface area contributed by atoms with Crippen molar-refractivity contribution in [2.45, 2.75) is 19.5 Å². The third kappa shape index (κ3) is 6.11. The van der Waals surface area contributed by atoms with Crippen LogP contribution in [0.2, 0.25) is 0 Å². The van der Waals surface area contributed by atoms with Crippen molar-refractivity contribution in [3.05, 3.63) is 65.3 Å². The number of aromatic nitrogens is 1. The lowest BCUT2D eigenvalue weighted by Gasteiger charge is -2.10. The summed E-state index contributed by atoms with van der Waals surface area (Å²) in [5.41, 5.74) is 2.26. The van der Waals surface area contributed by atoms with E-state index in [-0.39, 0.29) is 10.7 Å². The lowest BCUT2D eigenvalue weighted by Crippen LogP contribution is -2.27. The van der Waals surface area contributed by atoms with Gasteiger partial charge in [0.25, 0.3) is 0 Å². The van der Waals surface area contributed by atoms with Crippen LogP contribution < -0.4 is 10.2 Å². The van der Waals surface area contributed by atoms with Crippen LogP contribution in [0.4, 0.5) is 22.7 Å². The van der Waals surface area contributed by atoms with E-state index in [1.807, 2.05) is 6.92 Å². The molecule has 1 N–H and O–H groups in total. The zero-order valence-electron chi connectivity index (χ0n) is 16.2. The Morgan fingerprint density at radius 2 is 1.81 bits per heavy atom. The van der Waals surface area contributed by atoms with Crippen LogP contribution in [0.5, 0.6) is 5.75 Å². The fraction of sp³-hybridized carbons (Fsp3) is 0.190. The summed E-state index contributed by atoms with van der Waals surface area (Å²) in [5, 5.41) is 5.18. The summed E-state index contributed by atoms with van der Waals surface area (Å²) < 4.78 is 58.3. The third-order valence-electron chi connectivity index (χ3n) is 4.07. The predicted molar refractivity (Wildman–Crippen MR) is 111 cm³/mol. The fourth-order valence-corrected chi connectivity index (χ4v) is 3.22. The van der Waals surface area contributed by atoms with Gasteiger partial charge in [-0.2, -0.15) is 18.3 Å². The van der Waals surface area contributed by atoms with Crippen molar-refractivity contribution in [3.8, 4) is 17.0 Å². The van der Waals surface area contributed by atoms with Gasteiger partial charge >= 0.3 is 6.18 Å². The maximum atomic E-state index is 13.3. The van der Waals surface area contributed by atoms with Crippen molar-refractivity contribution >= 4 is 28.0 Å². The highest BCUT2D eigenvalue weighted by molar-refractivity contribution is 7.14. The van der Waals surface area contributed by atoms with E-state index in [1.165, 1.54) is 0 Å². The largest absolute Gasteiger partial charge is 0.494 e. The number of ether oxygens (including phenoxy) is 1. The number of nitrogens with one attached hydrogen (secondary N) is 1. The maximum Gasteiger partial charge on any atom is 0.431 e. The van der Waals surface area contributed by atoms with Crippen molar-refractivity contribution in [2.75, 3.05) is 12.0 Å². The molecule has 0 saturated carbocycles. The number of carbonyl (C=O) groups excluding carboxylic acids is 1. The van der Waals surface area contributed by atoms with E-state index in [0.29, 0.717) is 18.1 Å². The van der Waals surface area contributed by atoms with Gasteiger partial charge in [-0.05, 0) is 55.5 Å². The van der Waals surface area contributed by atoms with Gasteiger partial charge in [-0.15, -0.1) is 11.3 Å². The van der Waals surface area contributed by atoms with Crippen LogP contribution in [0, 0.1) is 5.82 Å². The number of carbonyl (C=O) groups is 1. The lowest BCUT2D eigenvalue weighted by molar-refractivity contribution is -0.0602. The second kappa shape index (κ2) is 9.69. The van der Waals surface area contributed by atoms with Crippen LogP contribution in [-0.4, -0.2) is 29.3 Å². The SMILES string of the molecule is CCOc1ccc(-c2csc(N/N=C(\CC(=O)c3ccc(F)cc3)C(F)(F)F)n2)cc1. The van der Waals surface area contributed by atoms with Crippen molar-refractivity contribution in [3.63, 3.8) is 0 Å². The molecule has 0 unspecified atom stereocenters. The summed E-state index contributed by atoms with van der Waals surface area (Å²) in [5.74, 6) is -0.716. The zero-order chi connectivity index (χ0) is 22.4. The number of anilines is 1. The Bertz CT molecular complexity index is 1060. The highest BCUT2D eigenvalue weighted by Gasteiger charge is 2.37. The summed E-state index contributed by atoms with van der Waals surface area (Å²) in [7, 11) is 0. The van der Waals surface area contributed by atoms with Crippen molar-refractivity contribution in [1.29, 1.82) is 0 Å². The molecule has 0 aliphatic rings. The molecule has 0 spiro atoms. The standard InChI is InChI=1S/C21H17F4N3O2S/c1-2-30-16-9-5-13(6-10-16)17-12-31-20(26-17)28-27-19(21(23,24)25)11-18(29)14-3-7-15(22)8-4-14/h3-10,12H,2,11H2,1H3,(H,26,28)/b27-19+. The number of hydrogen-bond donors (Lipinski definition) is 1. The molecule has 0 aliphatic carbocycles. The number of Topliss-reactive ketones (excluding diaryl/α,β-unsaturated/α-hetero) is 1. The molecule has 2 aromatic carbocycles. The number of benzene rings is 2. The Kier molecular flexibility index (Phi) is 7.01. The van der Waals surface area contributed by atoms with Gasteiger partial charge in [-0.3, -0.25) is 10.2 Å². The molecule has 0 saturated heterocycles. The van der Waals surface area contributed by atoms with Gasteiger partial charge in [0.2, 0.25) is 5.13 Å². The molecule has 0 atom stereocenters. The summed E-state index contributed by atoms with van der Waals surface area (Å²) in [6.07, 6.45) is -5.81. The molecule has 162 valence electrons. The minimum atomic E-state index is -4.82. The number of thiazole rings is 1. The van der Waals surface area contributed by atoms with Gasteiger partial charge in [0, 0.05) is 16.5 Å². The molecular weight excluding hydrogens is 434 g/mol. The molecule has 0 aliphatic heterocycles. The van der Waals surface area contributed by atoms with Crippen molar-refractivity contribution in [2.24, 2.45) is 5.10 Å². The van der Waals surface area contributed by atoms with E-state index in [1.54, 1.807) is 29.6 Å². The smallest absolute Gasteiger partial charge is 0.431 e. The molecule has 1 heterocycles. The quantitative estimate of drug-likeness (QED) is 0.199. The van der Waals surface area contributed by atoms with E-state index in [0.717, 1.165) is 41.2 Å². The van der Waals surface area contributed by atoms with E-state index in [2.05, 4.69) is 15.5 Å². The Morgan fingerprint density at radius 3 is 2.42 bits per heavy atom. The summed E-state index contributed by atoms with van der Waals surface area (Å²) in [4.78, 5) is 16.4. The minimum absolute atomic E-state index is 0.0367. The molecule has 1 aromatic heterocycles. The molecule has 0 amide bonds. The molecule has 3 aromatic rings. The number of ketones is 1. The van der Waals surface area contributed by atoms with Gasteiger partial charge in [0.1, 0.15) is 17.3 Å². The average molecular weight is 451 g/mol.